The lowest BCUT2D eigenvalue weighted by Gasteiger charge is -2.40. The summed E-state index contributed by atoms with van der Waals surface area (Å²) in [6.07, 6.45) is 1.37. The van der Waals surface area contributed by atoms with Gasteiger partial charge in [0.05, 0.1) is 18.5 Å². The number of piperidine rings is 1. The van der Waals surface area contributed by atoms with Gasteiger partial charge in [0.25, 0.3) is 0 Å². The van der Waals surface area contributed by atoms with Crippen LogP contribution in [0.2, 0.25) is 0 Å². The molecule has 6 nitrogen and oxygen atoms in total. The highest BCUT2D eigenvalue weighted by molar-refractivity contribution is 5.96. The Morgan fingerprint density at radius 3 is 2.54 bits per heavy atom. The zero-order valence-corrected chi connectivity index (χ0v) is 15.3. The Labute approximate surface area is 153 Å². The molecule has 1 aromatic rings. The number of hydrogen-bond acceptors (Lipinski definition) is 4. The molecule has 0 aliphatic carbocycles. The quantitative estimate of drug-likeness (QED) is 0.903. The van der Waals surface area contributed by atoms with Gasteiger partial charge in [-0.2, -0.15) is 0 Å². The van der Waals surface area contributed by atoms with E-state index < -0.39 is 18.1 Å². The van der Waals surface area contributed by atoms with Crippen LogP contribution in [-0.4, -0.2) is 42.0 Å². The SMILES string of the molecule is C/C(=C\c1ccccc1)[C@H]1NC(=O)[C@@H](C)[C@H](C)[C@H]1C(=O)N1CCOC1=O. The first-order valence-electron chi connectivity index (χ1n) is 8.92. The summed E-state index contributed by atoms with van der Waals surface area (Å²) in [4.78, 5) is 38.5. The maximum Gasteiger partial charge on any atom is 0.416 e. The van der Waals surface area contributed by atoms with Crippen molar-refractivity contribution < 1.29 is 19.1 Å². The van der Waals surface area contributed by atoms with Crippen LogP contribution >= 0.6 is 0 Å². The van der Waals surface area contributed by atoms with Crippen molar-refractivity contribution in [2.75, 3.05) is 13.2 Å². The highest BCUT2D eigenvalue weighted by atomic mass is 16.6. The van der Waals surface area contributed by atoms with E-state index in [9.17, 15) is 14.4 Å². The average Bonchev–Trinajstić information content (AvgIpc) is 3.05. The zero-order valence-electron chi connectivity index (χ0n) is 15.3. The van der Waals surface area contributed by atoms with E-state index in [2.05, 4.69) is 5.32 Å². The summed E-state index contributed by atoms with van der Waals surface area (Å²) < 4.78 is 4.92. The molecule has 138 valence electrons. The van der Waals surface area contributed by atoms with Gasteiger partial charge < -0.3 is 10.1 Å². The van der Waals surface area contributed by atoms with Crippen molar-refractivity contribution in [2.45, 2.75) is 26.8 Å². The number of carbonyl (C=O) groups excluding carboxylic acids is 3. The van der Waals surface area contributed by atoms with Crippen LogP contribution < -0.4 is 5.32 Å². The third kappa shape index (κ3) is 3.36. The van der Waals surface area contributed by atoms with E-state index in [-0.39, 0.29) is 36.8 Å². The number of hydrogen-bond donors (Lipinski definition) is 1. The third-order valence-electron chi connectivity index (χ3n) is 5.42. The molecule has 1 aromatic carbocycles. The first-order valence-corrected chi connectivity index (χ1v) is 8.92. The van der Waals surface area contributed by atoms with Gasteiger partial charge in [-0.05, 0) is 24.0 Å². The second-order valence-corrected chi connectivity index (χ2v) is 7.06. The number of nitrogens with zero attached hydrogens (tertiary/aromatic N) is 1. The van der Waals surface area contributed by atoms with Crippen LogP contribution in [0, 0.1) is 17.8 Å². The van der Waals surface area contributed by atoms with E-state index in [0.29, 0.717) is 0 Å². The number of carbonyl (C=O) groups is 3. The molecule has 1 N–H and O–H groups in total. The molecule has 4 atom stereocenters. The van der Waals surface area contributed by atoms with Gasteiger partial charge in [-0.3, -0.25) is 9.59 Å². The molecular weight excluding hydrogens is 332 g/mol. The Hall–Kier alpha value is -2.63. The molecule has 0 unspecified atom stereocenters. The second kappa shape index (κ2) is 7.32. The Bertz CT molecular complexity index is 743. The van der Waals surface area contributed by atoms with Crippen LogP contribution in [0.15, 0.2) is 35.9 Å². The molecule has 0 spiro atoms. The van der Waals surface area contributed by atoms with Crippen molar-refractivity contribution in [2.24, 2.45) is 17.8 Å². The molecule has 2 heterocycles. The fourth-order valence-corrected chi connectivity index (χ4v) is 3.67. The van der Waals surface area contributed by atoms with E-state index in [0.717, 1.165) is 16.0 Å². The second-order valence-electron chi connectivity index (χ2n) is 7.06. The lowest BCUT2D eigenvalue weighted by atomic mass is 9.73. The number of imide groups is 1. The van der Waals surface area contributed by atoms with Gasteiger partial charge in [-0.15, -0.1) is 0 Å². The first-order chi connectivity index (χ1) is 12.4. The molecule has 0 aromatic heterocycles. The lowest BCUT2D eigenvalue weighted by Crippen LogP contribution is -2.58. The number of cyclic esters (lactones) is 1. The monoisotopic (exact) mass is 356 g/mol. The van der Waals surface area contributed by atoms with Gasteiger partial charge in [0.1, 0.15) is 6.61 Å². The summed E-state index contributed by atoms with van der Waals surface area (Å²) >= 11 is 0. The van der Waals surface area contributed by atoms with E-state index in [1.54, 1.807) is 0 Å². The summed E-state index contributed by atoms with van der Waals surface area (Å²) in [7, 11) is 0. The largest absolute Gasteiger partial charge is 0.447 e. The van der Waals surface area contributed by atoms with Crippen LogP contribution in [0.4, 0.5) is 4.79 Å². The van der Waals surface area contributed by atoms with E-state index in [4.69, 9.17) is 4.74 Å². The summed E-state index contributed by atoms with van der Waals surface area (Å²) in [6, 6.07) is 9.29. The minimum absolute atomic E-state index is 0.0728. The third-order valence-corrected chi connectivity index (χ3v) is 5.42. The van der Waals surface area contributed by atoms with Crippen molar-refractivity contribution in [3.63, 3.8) is 0 Å². The van der Waals surface area contributed by atoms with Crippen molar-refractivity contribution >= 4 is 24.0 Å². The Morgan fingerprint density at radius 2 is 1.92 bits per heavy atom. The van der Waals surface area contributed by atoms with Crippen molar-refractivity contribution in [1.29, 1.82) is 0 Å². The highest BCUT2D eigenvalue weighted by Gasteiger charge is 2.47. The summed E-state index contributed by atoms with van der Waals surface area (Å²) in [6.45, 7) is 6.10. The number of nitrogens with one attached hydrogen (secondary N) is 1. The van der Waals surface area contributed by atoms with Crippen molar-refractivity contribution in [1.82, 2.24) is 10.2 Å². The first kappa shape index (κ1) is 18.2. The predicted octanol–water partition coefficient (Wildman–Crippen LogP) is 2.46. The molecule has 3 rings (SSSR count). The molecule has 2 saturated heterocycles. The van der Waals surface area contributed by atoms with Gasteiger partial charge in [-0.1, -0.05) is 50.3 Å². The normalized spacial score (nSPS) is 29.3. The van der Waals surface area contributed by atoms with Crippen LogP contribution in [0.3, 0.4) is 0 Å². The smallest absolute Gasteiger partial charge is 0.416 e. The molecule has 0 bridgehead atoms. The molecule has 2 aliphatic heterocycles. The van der Waals surface area contributed by atoms with Gasteiger partial charge in [0.2, 0.25) is 11.8 Å². The minimum atomic E-state index is -0.602. The molecular formula is C20H24N2O4. The molecule has 2 aliphatic rings. The summed E-state index contributed by atoms with van der Waals surface area (Å²) in [5, 5.41) is 2.98. The van der Waals surface area contributed by atoms with Crippen molar-refractivity contribution in [3.8, 4) is 0 Å². The van der Waals surface area contributed by atoms with Crippen LogP contribution in [0.1, 0.15) is 26.3 Å². The summed E-state index contributed by atoms with van der Waals surface area (Å²) in [5.41, 5.74) is 1.88. The van der Waals surface area contributed by atoms with Crippen LogP contribution in [-0.2, 0) is 14.3 Å². The van der Waals surface area contributed by atoms with E-state index >= 15 is 0 Å². The maximum absolute atomic E-state index is 13.1. The number of ether oxygens (including phenoxy) is 1. The molecule has 0 saturated carbocycles. The van der Waals surface area contributed by atoms with E-state index in [1.807, 2.05) is 57.2 Å². The molecule has 3 amide bonds. The average molecular weight is 356 g/mol. The Balaban J connectivity index is 1.93. The standard InChI is InChI=1S/C20H24N2O4/c1-12(11-15-7-5-4-6-8-15)17-16(13(2)14(3)18(23)21-17)19(24)22-9-10-26-20(22)25/h4-8,11,13-14,16-17H,9-10H2,1-3H3,(H,21,23)/b12-11+/t13-,14-,16+,17+/m0/s1. The van der Waals surface area contributed by atoms with Gasteiger partial charge >= 0.3 is 6.09 Å². The highest BCUT2D eigenvalue weighted by Crippen LogP contribution is 2.34. The molecule has 6 heteroatoms. The Kier molecular flexibility index (Phi) is 5.11. The lowest BCUT2D eigenvalue weighted by molar-refractivity contribution is -0.141. The van der Waals surface area contributed by atoms with Gasteiger partial charge in [-0.25, -0.2) is 9.69 Å². The predicted molar refractivity (Wildman–Crippen MR) is 96.9 cm³/mol. The zero-order chi connectivity index (χ0) is 18.8. The van der Waals surface area contributed by atoms with Crippen LogP contribution in [0.25, 0.3) is 6.08 Å². The fraction of sp³-hybridized carbons (Fsp3) is 0.450. The topological polar surface area (TPSA) is 75.7 Å². The van der Waals surface area contributed by atoms with Gasteiger partial charge in [0.15, 0.2) is 0 Å². The minimum Gasteiger partial charge on any atom is -0.447 e. The maximum atomic E-state index is 13.1. The van der Waals surface area contributed by atoms with Gasteiger partial charge in [0, 0.05) is 5.92 Å². The molecule has 2 fully saturated rings. The Morgan fingerprint density at radius 1 is 1.23 bits per heavy atom. The van der Waals surface area contributed by atoms with Crippen molar-refractivity contribution in [3.05, 3.63) is 41.5 Å². The number of amides is 3. The van der Waals surface area contributed by atoms with E-state index in [1.165, 1.54) is 0 Å². The molecule has 26 heavy (non-hydrogen) atoms. The molecule has 0 radical (unpaired) electrons. The van der Waals surface area contributed by atoms with Crippen LogP contribution in [0.5, 0.6) is 0 Å². The summed E-state index contributed by atoms with van der Waals surface area (Å²) in [5.74, 6) is -1.35. The fourth-order valence-electron chi connectivity index (χ4n) is 3.67. The number of benzene rings is 1. The number of rotatable bonds is 3.